The number of nitrogens with one attached hydrogen (secondary N) is 1. The third kappa shape index (κ3) is 2.99. The van der Waals surface area contributed by atoms with E-state index in [0.29, 0.717) is 12.1 Å². The average molecular weight is 312 g/mol. The Morgan fingerprint density at radius 2 is 1.87 bits per heavy atom. The Labute approximate surface area is 136 Å². The highest BCUT2D eigenvalue weighted by Gasteiger charge is 2.42. The summed E-state index contributed by atoms with van der Waals surface area (Å²) < 4.78 is 1.89. The van der Waals surface area contributed by atoms with E-state index in [1.807, 2.05) is 16.9 Å². The van der Waals surface area contributed by atoms with Gasteiger partial charge in [-0.05, 0) is 37.5 Å². The highest BCUT2D eigenvalue weighted by Crippen LogP contribution is 2.33. The molecule has 1 aliphatic carbocycles. The lowest BCUT2D eigenvalue weighted by Gasteiger charge is -2.45. The van der Waals surface area contributed by atoms with Crippen molar-refractivity contribution in [2.24, 2.45) is 0 Å². The molecule has 2 N–H and O–H groups in total. The molecule has 0 bridgehead atoms. The minimum Gasteiger partial charge on any atom is -0.391 e. The summed E-state index contributed by atoms with van der Waals surface area (Å²) in [5.74, 6) is 0. The predicted molar refractivity (Wildman–Crippen MR) is 90.5 cm³/mol. The molecule has 122 valence electrons. The molecular weight excluding hydrogens is 288 g/mol. The van der Waals surface area contributed by atoms with Crippen molar-refractivity contribution in [3.63, 3.8) is 0 Å². The second-order valence-corrected chi connectivity index (χ2v) is 6.65. The van der Waals surface area contributed by atoms with Crippen molar-refractivity contribution in [1.29, 1.82) is 0 Å². The van der Waals surface area contributed by atoms with Crippen LogP contribution in [0.25, 0.3) is 0 Å². The molecular formula is C18H24N4O. The first-order chi connectivity index (χ1) is 11.3. The molecule has 4 rings (SSSR count). The quantitative estimate of drug-likeness (QED) is 0.904. The van der Waals surface area contributed by atoms with Gasteiger partial charge in [0.05, 0.1) is 12.1 Å². The number of para-hydroxylation sites is 1. The smallest absolute Gasteiger partial charge is 0.0932 e. The average Bonchev–Trinajstić information content (AvgIpc) is 3.09. The number of piperidine rings is 1. The Morgan fingerprint density at radius 3 is 2.52 bits per heavy atom. The minimum atomic E-state index is -0.281. The fourth-order valence-corrected chi connectivity index (χ4v) is 3.84. The highest BCUT2D eigenvalue weighted by atomic mass is 16.3. The number of anilines is 1. The normalized spacial score (nSPS) is 28.6. The maximum absolute atomic E-state index is 10.1. The fraction of sp³-hybridized carbons (Fsp3) is 0.500. The molecule has 1 aliphatic heterocycles. The second-order valence-electron chi connectivity index (χ2n) is 6.65. The zero-order chi connectivity index (χ0) is 15.6. The van der Waals surface area contributed by atoms with Gasteiger partial charge in [-0.15, -0.1) is 0 Å². The molecule has 2 aliphatic rings. The molecule has 3 atom stereocenters. The summed E-state index contributed by atoms with van der Waals surface area (Å²) in [5.41, 5.74) is 1.32. The third-order valence-corrected chi connectivity index (χ3v) is 5.20. The largest absolute Gasteiger partial charge is 0.391 e. The summed E-state index contributed by atoms with van der Waals surface area (Å²) in [4.78, 5) is 2.46. The van der Waals surface area contributed by atoms with Gasteiger partial charge in [0.1, 0.15) is 0 Å². The maximum atomic E-state index is 10.1. The Morgan fingerprint density at radius 1 is 1.09 bits per heavy atom. The number of hydrogen-bond acceptors (Lipinski definition) is 4. The van der Waals surface area contributed by atoms with Crippen LogP contribution in [0.15, 0.2) is 48.8 Å². The van der Waals surface area contributed by atoms with Gasteiger partial charge in [0.2, 0.25) is 0 Å². The number of hydrogen-bond donors (Lipinski definition) is 2. The lowest BCUT2D eigenvalue weighted by atomic mass is 9.82. The van der Waals surface area contributed by atoms with Crippen LogP contribution in [0.1, 0.15) is 25.3 Å². The van der Waals surface area contributed by atoms with Gasteiger partial charge in [-0.1, -0.05) is 18.2 Å². The van der Waals surface area contributed by atoms with Gasteiger partial charge in [0, 0.05) is 43.3 Å². The van der Waals surface area contributed by atoms with Crippen LogP contribution in [-0.4, -0.2) is 46.2 Å². The van der Waals surface area contributed by atoms with Gasteiger partial charge in [-0.2, -0.15) is 5.10 Å². The molecule has 2 aromatic rings. The van der Waals surface area contributed by atoms with E-state index in [4.69, 9.17) is 0 Å². The number of nitrogens with zero attached hydrogens (tertiary/aromatic N) is 3. The van der Waals surface area contributed by atoms with E-state index in [2.05, 4.69) is 45.6 Å². The minimum absolute atomic E-state index is 0.0807. The molecule has 1 saturated carbocycles. The molecule has 0 amide bonds. The van der Waals surface area contributed by atoms with Gasteiger partial charge in [-0.3, -0.25) is 4.68 Å². The number of rotatable bonds is 4. The Bertz CT molecular complexity index is 607. The standard InChI is InChI=1S/C18H24N4O/c23-17-13-16(18(17)22-10-4-9-19-22)20-14-7-11-21(12-8-14)15-5-2-1-3-6-15/h1-6,9-10,14,16-18,20,23H,7-8,11-13H2/t16-,17+,18+/m0/s1. The zero-order valence-corrected chi connectivity index (χ0v) is 13.3. The monoisotopic (exact) mass is 312 g/mol. The van der Waals surface area contributed by atoms with Crippen LogP contribution in [0.4, 0.5) is 5.69 Å². The Hall–Kier alpha value is -1.85. The van der Waals surface area contributed by atoms with Gasteiger partial charge < -0.3 is 15.3 Å². The van der Waals surface area contributed by atoms with Crippen LogP contribution in [0.2, 0.25) is 0 Å². The summed E-state index contributed by atoms with van der Waals surface area (Å²) in [6.07, 6.45) is 6.56. The molecule has 1 aromatic carbocycles. The van der Waals surface area contributed by atoms with E-state index >= 15 is 0 Å². The van der Waals surface area contributed by atoms with Gasteiger partial charge in [-0.25, -0.2) is 0 Å². The number of aliphatic hydroxyl groups is 1. The van der Waals surface area contributed by atoms with Gasteiger partial charge in [0.15, 0.2) is 0 Å². The number of benzene rings is 1. The lowest BCUT2D eigenvalue weighted by Crippen LogP contribution is -2.58. The molecule has 23 heavy (non-hydrogen) atoms. The molecule has 5 heteroatoms. The van der Waals surface area contributed by atoms with Crippen molar-refractivity contribution in [2.45, 2.75) is 43.5 Å². The van der Waals surface area contributed by atoms with Crippen LogP contribution in [-0.2, 0) is 0 Å². The van der Waals surface area contributed by atoms with Crippen molar-refractivity contribution in [3.05, 3.63) is 48.8 Å². The first-order valence-corrected chi connectivity index (χ1v) is 8.54. The second kappa shape index (κ2) is 6.34. The summed E-state index contributed by atoms with van der Waals surface area (Å²) in [6, 6.07) is 13.5. The van der Waals surface area contributed by atoms with Crippen LogP contribution < -0.4 is 10.2 Å². The molecule has 2 fully saturated rings. The zero-order valence-electron chi connectivity index (χ0n) is 13.3. The molecule has 2 heterocycles. The van der Waals surface area contributed by atoms with E-state index in [0.717, 1.165) is 32.4 Å². The fourth-order valence-electron chi connectivity index (χ4n) is 3.84. The Kier molecular flexibility index (Phi) is 4.06. The number of aliphatic hydroxyl groups excluding tert-OH is 1. The van der Waals surface area contributed by atoms with Crippen molar-refractivity contribution >= 4 is 5.69 Å². The van der Waals surface area contributed by atoms with Crippen LogP contribution in [0, 0.1) is 0 Å². The highest BCUT2D eigenvalue weighted by molar-refractivity contribution is 5.46. The summed E-state index contributed by atoms with van der Waals surface area (Å²) >= 11 is 0. The van der Waals surface area contributed by atoms with Crippen LogP contribution >= 0.6 is 0 Å². The molecule has 0 radical (unpaired) electrons. The summed E-state index contributed by atoms with van der Waals surface area (Å²) in [5, 5.41) is 18.1. The van der Waals surface area contributed by atoms with Crippen molar-refractivity contribution in [2.75, 3.05) is 18.0 Å². The van der Waals surface area contributed by atoms with Crippen LogP contribution in [0.3, 0.4) is 0 Å². The SMILES string of the molecule is O[C@@H]1C[C@H](NC2CCN(c3ccccc3)CC2)[C@H]1n1cccn1. The molecule has 0 spiro atoms. The number of aromatic nitrogens is 2. The van der Waals surface area contributed by atoms with E-state index in [1.54, 1.807) is 6.20 Å². The Balaban J connectivity index is 1.32. The summed E-state index contributed by atoms with van der Waals surface area (Å²) in [6.45, 7) is 2.17. The first kappa shape index (κ1) is 14.7. The van der Waals surface area contributed by atoms with Crippen molar-refractivity contribution in [3.8, 4) is 0 Å². The van der Waals surface area contributed by atoms with E-state index in [-0.39, 0.29) is 12.1 Å². The van der Waals surface area contributed by atoms with Crippen LogP contribution in [0.5, 0.6) is 0 Å². The summed E-state index contributed by atoms with van der Waals surface area (Å²) in [7, 11) is 0. The third-order valence-electron chi connectivity index (χ3n) is 5.20. The lowest BCUT2D eigenvalue weighted by molar-refractivity contribution is -0.0126. The predicted octanol–water partition coefficient (Wildman–Crippen LogP) is 1.82. The maximum Gasteiger partial charge on any atom is 0.0932 e. The van der Waals surface area contributed by atoms with E-state index < -0.39 is 0 Å². The van der Waals surface area contributed by atoms with E-state index in [1.165, 1.54) is 5.69 Å². The molecule has 5 nitrogen and oxygen atoms in total. The van der Waals surface area contributed by atoms with Gasteiger partial charge >= 0.3 is 0 Å². The first-order valence-electron chi connectivity index (χ1n) is 8.54. The molecule has 1 saturated heterocycles. The molecule has 1 aromatic heterocycles. The van der Waals surface area contributed by atoms with Crippen molar-refractivity contribution < 1.29 is 5.11 Å². The topological polar surface area (TPSA) is 53.3 Å². The van der Waals surface area contributed by atoms with Crippen molar-refractivity contribution in [1.82, 2.24) is 15.1 Å². The van der Waals surface area contributed by atoms with Gasteiger partial charge in [0.25, 0.3) is 0 Å². The van der Waals surface area contributed by atoms with E-state index in [9.17, 15) is 5.11 Å². The molecule has 0 unspecified atom stereocenters.